The van der Waals surface area contributed by atoms with Crippen LogP contribution in [0.3, 0.4) is 0 Å². The van der Waals surface area contributed by atoms with E-state index in [1.54, 1.807) is 12.1 Å². The van der Waals surface area contributed by atoms with Gasteiger partial charge in [0.2, 0.25) is 0 Å². The van der Waals surface area contributed by atoms with Crippen molar-refractivity contribution in [3.63, 3.8) is 0 Å². The van der Waals surface area contributed by atoms with E-state index in [-0.39, 0.29) is 11.7 Å². The third-order valence-corrected chi connectivity index (χ3v) is 1.60. The zero-order chi connectivity index (χ0) is 9.68. The third-order valence-electron chi connectivity index (χ3n) is 1.60. The van der Waals surface area contributed by atoms with E-state index in [1.807, 2.05) is 13.8 Å². The van der Waals surface area contributed by atoms with Crippen LogP contribution in [-0.4, -0.2) is 11.6 Å². The summed E-state index contributed by atoms with van der Waals surface area (Å²) in [7, 11) is 0. The molecule has 0 aliphatic rings. The summed E-state index contributed by atoms with van der Waals surface area (Å²) in [5.41, 5.74) is 3.27. The van der Waals surface area contributed by atoms with E-state index in [2.05, 4.69) is 10.5 Å². The van der Waals surface area contributed by atoms with Crippen molar-refractivity contribution in [2.75, 3.05) is 0 Å². The summed E-state index contributed by atoms with van der Waals surface area (Å²) in [4.78, 5) is 11.2. The Hall–Kier alpha value is -1.58. The molecule has 0 aliphatic carbocycles. The molecule has 0 unspecified atom stereocenters. The normalized spacial score (nSPS) is 11.4. The van der Waals surface area contributed by atoms with Gasteiger partial charge in [-0.05, 0) is 25.5 Å². The molecule has 0 saturated heterocycles. The lowest BCUT2D eigenvalue weighted by Gasteiger charge is -1.96. The van der Waals surface area contributed by atoms with Crippen molar-refractivity contribution >= 4 is 11.6 Å². The largest absolute Gasteiger partial charge is 0.459 e. The third kappa shape index (κ3) is 2.74. The van der Waals surface area contributed by atoms with Crippen LogP contribution < -0.4 is 5.43 Å². The average Bonchev–Trinajstić information content (AvgIpc) is 2.66. The first-order valence-corrected chi connectivity index (χ1v) is 4.11. The molecule has 1 amide bonds. The van der Waals surface area contributed by atoms with Crippen LogP contribution in [0.5, 0.6) is 0 Å². The fraction of sp³-hybridized carbons (Fsp3) is 0.333. The Morgan fingerprint density at radius 1 is 1.69 bits per heavy atom. The topological polar surface area (TPSA) is 54.6 Å². The van der Waals surface area contributed by atoms with Crippen LogP contribution in [0, 0.1) is 0 Å². The summed E-state index contributed by atoms with van der Waals surface area (Å²) >= 11 is 0. The summed E-state index contributed by atoms with van der Waals surface area (Å²) in [6, 6.07) is 3.25. The fourth-order valence-electron chi connectivity index (χ4n) is 0.688. The van der Waals surface area contributed by atoms with E-state index in [4.69, 9.17) is 4.42 Å². The second-order valence-electron chi connectivity index (χ2n) is 2.62. The maximum absolute atomic E-state index is 11.2. The quantitative estimate of drug-likeness (QED) is 0.569. The molecule has 0 atom stereocenters. The van der Waals surface area contributed by atoms with Gasteiger partial charge in [0.25, 0.3) is 0 Å². The first-order chi connectivity index (χ1) is 6.24. The molecule has 0 radical (unpaired) electrons. The minimum Gasteiger partial charge on any atom is -0.459 e. The Morgan fingerprint density at radius 2 is 2.46 bits per heavy atom. The molecular formula is C9H12N2O2. The maximum atomic E-state index is 11.2. The Morgan fingerprint density at radius 3 is 3.00 bits per heavy atom. The number of rotatable bonds is 3. The summed E-state index contributed by atoms with van der Waals surface area (Å²) in [6.07, 6.45) is 2.27. The van der Waals surface area contributed by atoms with E-state index in [9.17, 15) is 4.79 Å². The highest BCUT2D eigenvalue weighted by molar-refractivity contribution is 5.92. The zero-order valence-electron chi connectivity index (χ0n) is 7.70. The van der Waals surface area contributed by atoms with Gasteiger partial charge in [-0.1, -0.05) is 6.92 Å². The van der Waals surface area contributed by atoms with Gasteiger partial charge in [0.1, 0.15) is 0 Å². The Balaban J connectivity index is 2.52. The Bertz CT molecular complexity index is 301. The molecule has 1 heterocycles. The molecule has 0 bridgehead atoms. The number of carbonyl (C=O) groups is 1. The summed E-state index contributed by atoms with van der Waals surface area (Å²) in [6.45, 7) is 3.82. The highest BCUT2D eigenvalue weighted by Gasteiger charge is 2.05. The van der Waals surface area contributed by atoms with Gasteiger partial charge in [-0.15, -0.1) is 0 Å². The van der Waals surface area contributed by atoms with Crippen molar-refractivity contribution in [3.05, 3.63) is 24.2 Å². The molecule has 0 fully saturated rings. The first kappa shape index (κ1) is 9.51. The Kier molecular flexibility index (Phi) is 3.25. The van der Waals surface area contributed by atoms with Gasteiger partial charge in [-0.3, -0.25) is 4.79 Å². The number of carbonyl (C=O) groups excluding carboxylic acids is 1. The van der Waals surface area contributed by atoms with Gasteiger partial charge in [0.15, 0.2) is 5.76 Å². The van der Waals surface area contributed by atoms with E-state index >= 15 is 0 Å². The molecule has 4 heteroatoms. The SMILES string of the molecule is CCC(C)=NNC(=O)c1ccco1. The molecule has 1 aromatic rings. The smallest absolute Gasteiger partial charge is 0.307 e. The second kappa shape index (κ2) is 4.45. The lowest BCUT2D eigenvalue weighted by molar-refractivity contribution is 0.0927. The Labute approximate surface area is 76.6 Å². The van der Waals surface area contributed by atoms with Crippen molar-refractivity contribution in [1.29, 1.82) is 0 Å². The van der Waals surface area contributed by atoms with Crippen molar-refractivity contribution in [1.82, 2.24) is 5.43 Å². The molecule has 70 valence electrons. The predicted molar refractivity (Wildman–Crippen MR) is 49.6 cm³/mol. The van der Waals surface area contributed by atoms with Crippen LogP contribution in [0.2, 0.25) is 0 Å². The lowest BCUT2D eigenvalue weighted by Crippen LogP contribution is -2.18. The number of amides is 1. The van der Waals surface area contributed by atoms with Crippen molar-refractivity contribution in [2.45, 2.75) is 20.3 Å². The van der Waals surface area contributed by atoms with Crippen molar-refractivity contribution in [3.8, 4) is 0 Å². The van der Waals surface area contributed by atoms with Gasteiger partial charge in [-0.2, -0.15) is 5.10 Å². The summed E-state index contributed by atoms with van der Waals surface area (Å²) in [5.74, 6) is -0.0505. The van der Waals surface area contributed by atoms with Crippen LogP contribution in [0.1, 0.15) is 30.8 Å². The van der Waals surface area contributed by atoms with E-state index in [1.165, 1.54) is 6.26 Å². The molecule has 4 nitrogen and oxygen atoms in total. The van der Waals surface area contributed by atoms with Crippen LogP contribution in [0.4, 0.5) is 0 Å². The molecule has 0 aromatic carbocycles. The van der Waals surface area contributed by atoms with Crippen LogP contribution in [-0.2, 0) is 0 Å². The van der Waals surface area contributed by atoms with Gasteiger partial charge in [0.05, 0.1) is 6.26 Å². The monoisotopic (exact) mass is 180 g/mol. The molecule has 1 N–H and O–H groups in total. The molecule has 0 saturated carbocycles. The maximum Gasteiger partial charge on any atom is 0.307 e. The molecule has 1 rings (SSSR count). The van der Waals surface area contributed by atoms with Crippen LogP contribution in [0.25, 0.3) is 0 Å². The standard InChI is InChI=1S/C9H12N2O2/c1-3-7(2)10-11-9(12)8-5-4-6-13-8/h4-6H,3H2,1-2H3,(H,11,12). The number of hydrogen-bond acceptors (Lipinski definition) is 3. The number of hydrogen-bond donors (Lipinski definition) is 1. The molecule has 0 aliphatic heterocycles. The van der Waals surface area contributed by atoms with Gasteiger partial charge in [-0.25, -0.2) is 5.43 Å². The molecular weight excluding hydrogens is 168 g/mol. The molecule has 1 aromatic heterocycles. The van der Waals surface area contributed by atoms with Crippen LogP contribution in [0.15, 0.2) is 27.9 Å². The number of hydrazone groups is 1. The zero-order valence-corrected chi connectivity index (χ0v) is 7.70. The number of nitrogens with one attached hydrogen (secondary N) is 1. The number of nitrogens with zero attached hydrogens (tertiary/aromatic N) is 1. The van der Waals surface area contributed by atoms with E-state index in [0.29, 0.717) is 0 Å². The highest BCUT2D eigenvalue weighted by atomic mass is 16.3. The molecule has 0 spiro atoms. The first-order valence-electron chi connectivity index (χ1n) is 4.11. The van der Waals surface area contributed by atoms with Crippen LogP contribution >= 0.6 is 0 Å². The fourth-order valence-corrected chi connectivity index (χ4v) is 0.688. The van der Waals surface area contributed by atoms with Gasteiger partial charge < -0.3 is 4.42 Å². The van der Waals surface area contributed by atoms with Crippen molar-refractivity contribution in [2.24, 2.45) is 5.10 Å². The van der Waals surface area contributed by atoms with Gasteiger partial charge in [0, 0.05) is 5.71 Å². The average molecular weight is 180 g/mol. The summed E-state index contributed by atoms with van der Waals surface area (Å²) in [5, 5.41) is 3.86. The van der Waals surface area contributed by atoms with Crippen molar-refractivity contribution < 1.29 is 9.21 Å². The van der Waals surface area contributed by atoms with E-state index in [0.717, 1.165) is 12.1 Å². The minimum atomic E-state index is -0.321. The van der Waals surface area contributed by atoms with E-state index < -0.39 is 0 Å². The highest BCUT2D eigenvalue weighted by Crippen LogP contribution is 1.98. The minimum absolute atomic E-state index is 0.271. The lowest BCUT2D eigenvalue weighted by atomic mass is 10.3. The second-order valence-corrected chi connectivity index (χ2v) is 2.62. The molecule has 13 heavy (non-hydrogen) atoms. The number of furan rings is 1. The summed E-state index contributed by atoms with van der Waals surface area (Å²) < 4.78 is 4.88. The van der Waals surface area contributed by atoms with Gasteiger partial charge >= 0.3 is 5.91 Å². The predicted octanol–water partition coefficient (Wildman–Crippen LogP) is 1.80.